The molecule has 9 nitrogen and oxygen atoms in total. The van der Waals surface area contributed by atoms with Crippen molar-refractivity contribution < 1.29 is 37.7 Å². The first kappa shape index (κ1) is 21.4. The number of carbonyl (C=O) groups excluding carboxylic acids is 3. The number of nitrogens with zero attached hydrogens (tertiary/aromatic N) is 1. The summed E-state index contributed by atoms with van der Waals surface area (Å²) in [6.07, 6.45) is -2.76. The molecule has 4 atom stereocenters. The topological polar surface area (TPSA) is 110 Å². The molecule has 0 unspecified atom stereocenters. The van der Waals surface area contributed by atoms with Crippen molar-refractivity contribution in [3.8, 4) is 0 Å². The third-order valence-corrected chi connectivity index (χ3v) is 4.50. The number of pyridine rings is 1. The molecule has 2 aromatic rings. The van der Waals surface area contributed by atoms with Crippen LogP contribution in [0.2, 0.25) is 0 Å². The van der Waals surface area contributed by atoms with E-state index in [1.165, 1.54) is 49.7 Å². The van der Waals surface area contributed by atoms with Gasteiger partial charge in [-0.2, -0.15) is 0 Å². The average molecular weight is 421 g/mol. The van der Waals surface area contributed by atoms with Gasteiger partial charge in [0.2, 0.25) is 0 Å². The van der Waals surface area contributed by atoms with E-state index in [9.17, 15) is 23.6 Å². The Morgan fingerprint density at radius 3 is 2.33 bits per heavy atom. The minimum atomic E-state index is -1.11. The molecule has 1 aliphatic rings. The van der Waals surface area contributed by atoms with Crippen LogP contribution in [0.1, 0.15) is 27.0 Å². The third kappa shape index (κ3) is 4.48. The van der Waals surface area contributed by atoms with Crippen LogP contribution >= 0.6 is 0 Å². The summed E-state index contributed by atoms with van der Waals surface area (Å²) in [5.41, 5.74) is -0.0865. The molecular weight excluding hydrogens is 401 g/mol. The SMILES string of the molecule is CC(=O)OC[C@H]1O[C@@H](n2ccc(=O)c3cc(F)ccc32)[C@H](OC(C)=O)[C@@H]1OC(C)=O. The van der Waals surface area contributed by atoms with E-state index in [0.29, 0.717) is 5.52 Å². The Balaban J connectivity index is 2.09. The fraction of sp³-hybridized carbons (Fsp3) is 0.400. The minimum Gasteiger partial charge on any atom is -0.463 e. The number of esters is 3. The van der Waals surface area contributed by atoms with Crippen LogP contribution in [0.3, 0.4) is 0 Å². The Bertz CT molecular complexity index is 1050. The third-order valence-electron chi connectivity index (χ3n) is 4.50. The number of fused-ring (bicyclic) bond motifs is 1. The van der Waals surface area contributed by atoms with Crippen LogP contribution in [-0.4, -0.2) is 47.4 Å². The Kier molecular flexibility index (Phi) is 6.16. The van der Waals surface area contributed by atoms with Crippen LogP contribution < -0.4 is 5.43 Å². The lowest BCUT2D eigenvalue weighted by atomic mass is 10.1. The molecule has 0 bridgehead atoms. The van der Waals surface area contributed by atoms with Gasteiger partial charge in [0.15, 0.2) is 23.9 Å². The summed E-state index contributed by atoms with van der Waals surface area (Å²) < 4.78 is 36.8. The van der Waals surface area contributed by atoms with Crippen molar-refractivity contribution in [2.24, 2.45) is 0 Å². The van der Waals surface area contributed by atoms with Gasteiger partial charge < -0.3 is 23.5 Å². The van der Waals surface area contributed by atoms with Crippen molar-refractivity contribution in [2.45, 2.75) is 45.3 Å². The number of aromatic nitrogens is 1. The zero-order chi connectivity index (χ0) is 22.0. The number of hydrogen-bond acceptors (Lipinski definition) is 8. The number of hydrogen-bond donors (Lipinski definition) is 0. The van der Waals surface area contributed by atoms with Crippen LogP contribution in [0.5, 0.6) is 0 Å². The number of carbonyl (C=O) groups is 3. The van der Waals surface area contributed by atoms with E-state index >= 15 is 0 Å². The predicted octanol–water partition coefficient (Wildman–Crippen LogP) is 1.46. The van der Waals surface area contributed by atoms with Crippen molar-refractivity contribution >= 4 is 28.8 Å². The van der Waals surface area contributed by atoms with E-state index in [1.807, 2.05) is 0 Å². The second-order valence-electron chi connectivity index (χ2n) is 6.76. The molecule has 3 rings (SSSR count). The highest BCUT2D eigenvalue weighted by Crippen LogP contribution is 2.35. The Labute approximate surface area is 170 Å². The van der Waals surface area contributed by atoms with Crippen molar-refractivity contribution in [1.29, 1.82) is 0 Å². The van der Waals surface area contributed by atoms with Crippen molar-refractivity contribution in [3.63, 3.8) is 0 Å². The zero-order valence-corrected chi connectivity index (χ0v) is 16.5. The molecule has 0 N–H and O–H groups in total. The lowest BCUT2D eigenvalue weighted by molar-refractivity contribution is -0.166. The molecule has 1 aromatic carbocycles. The fourth-order valence-corrected chi connectivity index (χ4v) is 3.39. The molecule has 30 heavy (non-hydrogen) atoms. The van der Waals surface area contributed by atoms with Crippen molar-refractivity contribution in [1.82, 2.24) is 4.57 Å². The maximum atomic E-state index is 13.7. The molecule has 1 aromatic heterocycles. The molecule has 10 heteroatoms. The molecule has 0 amide bonds. The summed E-state index contributed by atoms with van der Waals surface area (Å²) in [6.45, 7) is 3.31. The van der Waals surface area contributed by atoms with Crippen LogP contribution in [0.25, 0.3) is 10.9 Å². The van der Waals surface area contributed by atoms with E-state index in [2.05, 4.69) is 0 Å². The van der Waals surface area contributed by atoms with Crippen LogP contribution in [0, 0.1) is 5.82 Å². The first-order valence-electron chi connectivity index (χ1n) is 9.11. The molecule has 1 saturated heterocycles. The van der Waals surface area contributed by atoms with E-state index < -0.39 is 53.7 Å². The molecule has 0 spiro atoms. The smallest absolute Gasteiger partial charge is 0.303 e. The summed E-state index contributed by atoms with van der Waals surface area (Å²) in [6, 6.07) is 4.87. The van der Waals surface area contributed by atoms with Gasteiger partial charge in [-0.3, -0.25) is 19.2 Å². The van der Waals surface area contributed by atoms with Crippen molar-refractivity contribution in [2.75, 3.05) is 6.61 Å². The van der Waals surface area contributed by atoms with Crippen LogP contribution in [-0.2, 0) is 33.3 Å². The molecule has 0 saturated carbocycles. The second-order valence-corrected chi connectivity index (χ2v) is 6.76. The highest BCUT2D eigenvalue weighted by Gasteiger charge is 2.50. The first-order chi connectivity index (χ1) is 14.2. The summed E-state index contributed by atoms with van der Waals surface area (Å²) in [5.74, 6) is -2.47. The number of benzene rings is 1. The molecule has 0 aliphatic carbocycles. The maximum absolute atomic E-state index is 13.7. The van der Waals surface area contributed by atoms with Gasteiger partial charge in [-0.15, -0.1) is 0 Å². The molecular formula is C20H20FNO8. The zero-order valence-electron chi connectivity index (χ0n) is 16.5. The average Bonchev–Trinajstić information content (AvgIpc) is 2.97. The Morgan fingerprint density at radius 1 is 1.03 bits per heavy atom. The van der Waals surface area contributed by atoms with Crippen LogP contribution in [0.4, 0.5) is 4.39 Å². The summed E-state index contributed by atoms with van der Waals surface area (Å²) in [4.78, 5) is 46.8. The number of rotatable bonds is 5. The van der Waals surface area contributed by atoms with E-state index in [0.717, 1.165) is 6.07 Å². The fourth-order valence-electron chi connectivity index (χ4n) is 3.39. The molecule has 1 fully saturated rings. The van der Waals surface area contributed by atoms with Gasteiger partial charge in [-0.05, 0) is 18.2 Å². The second kappa shape index (κ2) is 8.62. The minimum absolute atomic E-state index is 0.0927. The van der Waals surface area contributed by atoms with Crippen LogP contribution in [0.15, 0.2) is 35.3 Å². The van der Waals surface area contributed by atoms with Crippen molar-refractivity contribution in [3.05, 3.63) is 46.5 Å². The largest absolute Gasteiger partial charge is 0.463 e. The van der Waals surface area contributed by atoms with Gasteiger partial charge >= 0.3 is 17.9 Å². The normalized spacial score (nSPS) is 23.2. The summed E-state index contributed by atoms with van der Waals surface area (Å²) >= 11 is 0. The monoisotopic (exact) mass is 421 g/mol. The first-order valence-corrected chi connectivity index (χ1v) is 9.11. The standard InChI is InChI=1S/C20H20FNO8/c1-10(23)27-9-17-18(28-11(2)24)19(29-12(3)25)20(30-17)22-7-6-16(26)14-8-13(21)4-5-15(14)22/h4-8,17-20H,9H2,1-3H3/t17-,18-,19-,20-/m1/s1. The van der Waals surface area contributed by atoms with Gasteiger partial charge in [0.25, 0.3) is 0 Å². The number of ether oxygens (including phenoxy) is 4. The van der Waals surface area contributed by atoms with E-state index in [1.54, 1.807) is 0 Å². The van der Waals surface area contributed by atoms with Gasteiger partial charge in [0.05, 0.1) is 5.52 Å². The summed E-state index contributed by atoms with van der Waals surface area (Å²) in [7, 11) is 0. The molecule has 2 heterocycles. The number of halogens is 1. The summed E-state index contributed by atoms with van der Waals surface area (Å²) in [5, 5.41) is 0.0927. The Morgan fingerprint density at radius 2 is 1.70 bits per heavy atom. The van der Waals surface area contributed by atoms with Gasteiger partial charge in [0, 0.05) is 38.4 Å². The maximum Gasteiger partial charge on any atom is 0.303 e. The quantitative estimate of drug-likeness (QED) is 0.527. The predicted molar refractivity (Wildman–Crippen MR) is 99.8 cm³/mol. The van der Waals surface area contributed by atoms with E-state index in [-0.39, 0.29) is 12.0 Å². The van der Waals surface area contributed by atoms with Gasteiger partial charge in [-0.25, -0.2) is 4.39 Å². The molecule has 160 valence electrons. The van der Waals surface area contributed by atoms with Gasteiger partial charge in [0.1, 0.15) is 18.5 Å². The Hall–Kier alpha value is -3.27. The van der Waals surface area contributed by atoms with Gasteiger partial charge in [-0.1, -0.05) is 0 Å². The van der Waals surface area contributed by atoms with E-state index in [4.69, 9.17) is 18.9 Å². The highest BCUT2D eigenvalue weighted by atomic mass is 19.1. The lowest BCUT2D eigenvalue weighted by Crippen LogP contribution is -2.40. The molecule has 0 radical (unpaired) electrons. The lowest BCUT2D eigenvalue weighted by Gasteiger charge is -2.25. The highest BCUT2D eigenvalue weighted by molar-refractivity contribution is 5.79. The molecule has 1 aliphatic heterocycles.